The van der Waals surface area contributed by atoms with E-state index in [1.54, 1.807) is 16.4 Å². The Kier molecular flexibility index (Phi) is 4.91. The van der Waals surface area contributed by atoms with Crippen LogP contribution in [0.2, 0.25) is 0 Å². The van der Waals surface area contributed by atoms with E-state index in [1.165, 1.54) is 12.1 Å². The summed E-state index contributed by atoms with van der Waals surface area (Å²) in [7, 11) is -3.12. The molecule has 1 unspecified atom stereocenters. The summed E-state index contributed by atoms with van der Waals surface area (Å²) >= 11 is 0. The average Bonchev–Trinajstić information content (AvgIpc) is 3.44. The fourth-order valence-electron chi connectivity index (χ4n) is 4.41. The van der Waals surface area contributed by atoms with Crippen molar-refractivity contribution >= 4 is 15.7 Å². The van der Waals surface area contributed by atoms with Gasteiger partial charge in [-0.25, -0.2) is 12.7 Å². The van der Waals surface area contributed by atoms with Gasteiger partial charge in [-0.3, -0.25) is 0 Å². The van der Waals surface area contributed by atoms with Gasteiger partial charge in [-0.15, -0.1) is 0 Å². The van der Waals surface area contributed by atoms with Crippen molar-refractivity contribution in [3.63, 3.8) is 0 Å². The third kappa shape index (κ3) is 3.76. The predicted molar refractivity (Wildman–Crippen MR) is 99.5 cm³/mol. The summed E-state index contributed by atoms with van der Waals surface area (Å²) in [5.41, 5.74) is 0.742. The lowest BCUT2D eigenvalue weighted by molar-refractivity contribution is -0.206. The minimum absolute atomic E-state index is 0.0692. The largest absolute Gasteiger partial charge is 0.418 e. The maximum absolute atomic E-state index is 12.6. The highest BCUT2D eigenvalue weighted by molar-refractivity contribution is 7.90. The average molecular weight is 418 g/mol. The number of sulfonamides is 1. The van der Waals surface area contributed by atoms with Crippen molar-refractivity contribution in [3.05, 3.63) is 29.8 Å². The third-order valence-electron chi connectivity index (χ3n) is 6.41. The van der Waals surface area contributed by atoms with Crippen molar-refractivity contribution in [2.24, 2.45) is 5.41 Å². The van der Waals surface area contributed by atoms with E-state index in [4.69, 9.17) is 0 Å². The summed E-state index contributed by atoms with van der Waals surface area (Å²) in [6.07, 6.45) is -3.00. The summed E-state index contributed by atoms with van der Waals surface area (Å²) < 4.78 is 64.4. The van der Waals surface area contributed by atoms with Crippen LogP contribution in [0.25, 0.3) is 0 Å². The van der Waals surface area contributed by atoms with E-state index in [0.717, 1.165) is 50.9 Å². The van der Waals surface area contributed by atoms with Crippen molar-refractivity contribution in [2.45, 2.75) is 49.6 Å². The van der Waals surface area contributed by atoms with E-state index < -0.39 is 22.3 Å². The smallest absolute Gasteiger partial charge is 0.379 e. The normalized spacial score (nSPS) is 24.6. The van der Waals surface area contributed by atoms with E-state index in [9.17, 15) is 26.7 Å². The standard InChI is InChI=1S/C19H25F3N2O3S/c20-19(21,22)17(25)14-1-3-15(4-2-14)23-10-7-18(13-23)8-11-24(12-9-18)28(26,27)16-5-6-16/h1-4,16-17,25H,5-13H2. The Balaban J connectivity index is 1.38. The first-order valence-electron chi connectivity index (χ1n) is 9.69. The molecule has 156 valence electrons. The van der Waals surface area contributed by atoms with Crippen molar-refractivity contribution in [2.75, 3.05) is 31.1 Å². The molecule has 1 spiro atoms. The second-order valence-corrected chi connectivity index (χ2v) is 10.6. The van der Waals surface area contributed by atoms with Crippen LogP contribution in [0.4, 0.5) is 18.9 Å². The van der Waals surface area contributed by atoms with Crippen LogP contribution >= 0.6 is 0 Å². The van der Waals surface area contributed by atoms with Gasteiger partial charge in [0.25, 0.3) is 0 Å². The van der Waals surface area contributed by atoms with Gasteiger partial charge >= 0.3 is 6.18 Å². The highest BCUT2D eigenvalue weighted by Gasteiger charge is 2.46. The molecular weight excluding hydrogens is 393 g/mol. The van der Waals surface area contributed by atoms with Crippen LogP contribution in [0.3, 0.4) is 0 Å². The van der Waals surface area contributed by atoms with Crippen molar-refractivity contribution in [1.29, 1.82) is 0 Å². The Morgan fingerprint density at radius 2 is 1.61 bits per heavy atom. The van der Waals surface area contributed by atoms with Crippen LogP contribution in [0.5, 0.6) is 0 Å². The molecule has 2 aliphatic heterocycles. The number of benzene rings is 1. The molecule has 4 rings (SSSR count). The summed E-state index contributed by atoms with van der Waals surface area (Å²) in [6.45, 7) is 2.70. The van der Waals surface area contributed by atoms with Crippen LogP contribution in [0, 0.1) is 5.41 Å². The van der Waals surface area contributed by atoms with Gasteiger partial charge in [-0.05, 0) is 55.2 Å². The molecule has 28 heavy (non-hydrogen) atoms. The predicted octanol–water partition coefficient (Wildman–Crippen LogP) is 3.07. The number of aliphatic hydroxyl groups excluding tert-OH is 1. The van der Waals surface area contributed by atoms with Crippen molar-refractivity contribution in [3.8, 4) is 0 Å². The monoisotopic (exact) mass is 418 g/mol. The Hall–Kier alpha value is -1.32. The highest BCUT2D eigenvalue weighted by Crippen LogP contribution is 2.44. The van der Waals surface area contributed by atoms with Crippen LogP contribution in [0.15, 0.2) is 24.3 Å². The van der Waals surface area contributed by atoms with E-state index in [-0.39, 0.29) is 16.2 Å². The number of alkyl halides is 3. The van der Waals surface area contributed by atoms with Gasteiger partial charge in [0.1, 0.15) is 0 Å². The van der Waals surface area contributed by atoms with Gasteiger partial charge in [-0.1, -0.05) is 12.1 Å². The molecule has 2 heterocycles. The zero-order valence-electron chi connectivity index (χ0n) is 15.5. The molecule has 0 aromatic heterocycles. The van der Waals surface area contributed by atoms with Gasteiger partial charge in [0, 0.05) is 31.9 Å². The molecule has 3 aliphatic rings. The first-order chi connectivity index (χ1) is 13.1. The number of hydrogen-bond donors (Lipinski definition) is 1. The van der Waals surface area contributed by atoms with Gasteiger partial charge < -0.3 is 10.0 Å². The molecule has 1 aromatic rings. The number of nitrogens with zero attached hydrogens (tertiary/aromatic N) is 2. The number of rotatable bonds is 4. The Morgan fingerprint density at radius 1 is 1.04 bits per heavy atom. The minimum Gasteiger partial charge on any atom is -0.379 e. The van der Waals surface area contributed by atoms with E-state index in [2.05, 4.69) is 4.90 Å². The number of hydrogen-bond acceptors (Lipinski definition) is 4. The zero-order valence-corrected chi connectivity index (χ0v) is 16.3. The van der Waals surface area contributed by atoms with Crippen LogP contribution in [-0.2, 0) is 10.0 Å². The molecule has 0 amide bonds. The van der Waals surface area contributed by atoms with Crippen LogP contribution in [-0.4, -0.2) is 55.4 Å². The lowest BCUT2D eigenvalue weighted by atomic mass is 9.78. The quantitative estimate of drug-likeness (QED) is 0.817. The fraction of sp³-hybridized carbons (Fsp3) is 0.684. The molecule has 1 N–H and O–H groups in total. The number of piperidine rings is 1. The Bertz CT molecular complexity index is 814. The van der Waals surface area contributed by atoms with E-state index in [1.807, 2.05) is 0 Å². The second kappa shape index (κ2) is 6.88. The molecule has 5 nitrogen and oxygen atoms in total. The second-order valence-electron chi connectivity index (χ2n) is 8.35. The first-order valence-corrected chi connectivity index (χ1v) is 11.2. The van der Waals surface area contributed by atoms with E-state index in [0.29, 0.717) is 13.1 Å². The van der Waals surface area contributed by atoms with Crippen LogP contribution < -0.4 is 4.90 Å². The van der Waals surface area contributed by atoms with Gasteiger partial charge in [0.15, 0.2) is 6.10 Å². The Labute approximate surface area is 163 Å². The minimum atomic E-state index is -4.67. The van der Waals surface area contributed by atoms with Gasteiger partial charge in [0.05, 0.1) is 5.25 Å². The maximum atomic E-state index is 12.6. The Morgan fingerprint density at radius 3 is 2.14 bits per heavy atom. The molecule has 9 heteroatoms. The molecule has 1 atom stereocenters. The van der Waals surface area contributed by atoms with E-state index >= 15 is 0 Å². The molecule has 1 saturated carbocycles. The zero-order chi connectivity index (χ0) is 20.2. The summed E-state index contributed by atoms with van der Waals surface area (Å²) in [4.78, 5) is 2.15. The summed E-state index contributed by atoms with van der Waals surface area (Å²) in [5, 5.41) is 9.18. The molecule has 3 fully saturated rings. The van der Waals surface area contributed by atoms with Gasteiger partial charge in [-0.2, -0.15) is 13.2 Å². The molecule has 1 aliphatic carbocycles. The number of halogens is 3. The summed E-state index contributed by atoms with van der Waals surface area (Å²) in [6, 6.07) is 5.89. The lowest BCUT2D eigenvalue weighted by Gasteiger charge is -2.38. The van der Waals surface area contributed by atoms with Crippen LogP contribution in [0.1, 0.15) is 43.8 Å². The fourth-order valence-corrected chi connectivity index (χ4v) is 6.26. The topological polar surface area (TPSA) is 60.9 Å². The van der Waals surface area contributed by atoms with Gasteiger partial charge in [0.2, 0.25) is 10.0 Å². The summed E-state index contributed by atoms with van der Waals surface area (Å²) in [5.74, 6) is 0. The molecule has 0 radical (unpaired) electrons. The number of aliphatic hydroxyl groups is 1. The van der Waals surface area contributed by atoms with Crippen molar-refractivity contribution in [1.82, 2.24) is 4.31 Å². The molecule has 1 aromatic carbocycles. The SMILES string of the molecule is O=S(=O)(C1CC1)N1CCC2(CCN(c3ccc(C(O)C(F)(F)F)cc3)C2)CC1. The maximum Gasteiger partial charge on any atom is 0.418 e. The number of anilines is 1. The first kappa shape index (κ1) is 20.0. The van der Waals surface area contributed by atoms with Crippen molar-refractivity contribution < 1.29 is 26.7 Å². The molecular formula is C19H25F3N2O3S. The third-order valence-corrected chi connectivity index (χ3v) is 8.81. The molecule has 2 saturated heterocycles. The lowest BCUT2D eigenvalue weighted by Crippen LogP contribution is -2.45. The highest BCUT2D eigenvalue weighted by atomic mass is 32.2. The molecule has 0 bridgehead atoms.